The summed E-state index contributed by atoms with van der Waals surface area (Å²) in [5, 5.41) is 1.92. The molecule has 0 unspecified atom stereocenters. The van der Waals surface area contributed by atoms with Crippen molar-refractivity contribution < 1.29 is 7.26 Å². The van der Waals surface area contributed by atoms with Crippen molar-refractivity contribution >= 4 is 0 Å². The van der Waals surface area contributed by atoms with Gasteiger partial charge in [0.25, 0.3) is 5.56 Å². The molecule has 1 aromatic rings. The van der Waals surface area contributed by atoms with Crippen molar-refractivity contribution in [1.82, 2.24) is 5.16 Å². The summed E-state index contributed by atoms with van der Waals surface area (Å²) in [5.74, 6) is -0.197. The van der Waals surface area contributed by atoms with E-state index in [1.165, 1.54) is 0 Å². The first-order chi connectivity index (χ1) is 4.50. The first kappa shape index (κ1) is 3.09. The van der Waals surface area contributed by atoms with Crippen LogP contribution < -0.4 is 11.3 Å². The molecule has 0 atom stereocenters. The zero-order valence-corrected chi connectivity index (χ0v) is 3.97. The first-order valence-electron chi connectivity index (χ1n) is 2.98. The minimum atomic E-state index is -2.08. The lowest BCUT2D eigenvalue weighted by molar-refractivity contribution is 0.380. The van der Waals surface area contributed by atoms with Gasteiger partial charge in [-0.05, 0) is 0 Å². The minimum absolute atomic E-state index is 0.197. The topological polar surface area (TPSA) is 72.0 Å². The van der Waals surface area contributed by atoms with Crippen LogP contribution in [0.15, 0.2) is 15.4 Å². The van der Waals surface area contributed by atoms with E-state index in [4.69, 9.17) is 8.48 Å². The van der Waals surface area contributed by atoms with Crippen molar-refractivity contribution in [1.29, 1.82) is 0 Å². The summed E-state index contributed by atoms with van der Waals surface area (Å²) >= 11 is 0. The van der Waals surface area contributed by atoms with Crippen molar-refractivity contribution in [2.45, 2.75) is 6.50 Å². The Morgan fingerprint density at radius 2 is 2.88 bits per heavy atom. The molecule has 0 saturated carbocycles. The van der Waals surface area contributed by atoms with Crippen LogP contribution in [0.5, 0.6) is 0 Å². The van der Waals surface area contributed by atoms with E-state index >= 15 is 0 Å². The summed E-state index contributed by atoms with van der Waals surface area (Å²) in [4.78, 5) is 10.4. The smallest absolute Gasteiger partial charge is 0.280 e. The first-order valence-corrected chi connectivity index (χ1v) is 1.98. The Labute approximate surface area is 48.1 Å². The van der Waals surface area contributed by atoms with Crippen molar-refractivity contribution in [3.05, 3.63) is 22.2 Å². The molecular formula is C4H6N2O2. The molecule has 0 bridgehead atoms. The van der Waals surface area contributed by atoms with Crippen LogP contribution in [0.1, 0.15) is 8.50 Å². The van der Waals surface area contributed by atoms with Crippen LogP contribution in [0.2, 0.25) is 0 Å². The van der Waals surface area contributed by atoms with Gasteiger partial charge in [0.15, 0.2) is 5.76 Å². The van der Waals surface area contributed by atoms with Crippen LogP contribution in [0.4, 0.5) is 0 Å². The number of nitrogens with two attached hydrogens (primary N) is 1. The predicted molar refractivity (Wildman–Crippen MR) is 27.2 cm³/mol. The molecule has 4 heteroatoms. The lowest BCUT2D eigenvalue weighted by Gasteiger charge is -1.77. The molecule has 1 rings (SSSR count). The highest BCUT2D eigenvalue weighted by Crippen LogP contribution is 1.86. The summed E-state index contributed by atoms with van der Waals surface area (Å²) < 4.78 is 18.1. The number of H-pyrrole nitrogens is 1. The highest BCUT2D eigenvalue weighted by atomic mass is 16.5. The van der Waals surface area contributed by atoms with Gasteiger partial charge in [-0.25, -0.2) is 0 Å². The molecule has 1 aromatic heterocycles. The van der Waals surface area contributed by atoms with Gasteiger partial charge in [-0.2, -0.15) is 5.16 Å². The van der Waals surface area contributed by atoms with Crippen molar-refractivity contribution in [3.8, 4) is 0 Å². The minimum Gasteiger partial charge on any atom is -0.382 e. The molecule has 44 valence electrons. The third-order valence-corrected chi connectivity index (χ3v) is 0.666. The maximum Gasteiger partial charge on any atom is 0.280 e. The van der Waals surface area contributed by atoms with Crippen molar-refractivity contribution in [3.63, 3.8) is 0 Å². The van der Waals surface area contributed by atoms with Gasteiger partial charge in [0.05, 0.1) is 9.24 Å². The number of nitrogens with one attached hydrogen (secondary N) is 1. The Hall–Kier alpha value is -1.03. The van der Waals surface area contributed by atoms with E-state index in [0.717, 1.165) is 6.07 Å². The predicted octanol–water partition coefficient (Wildman–Crippen LogP) is -0.573. The zero-order valence-electron chi connectivity index (χ0n) is 5.97. The van der Waals surface area contributed by atoms with Gasteiger partial charge in [-0.15, -0.1) is 0 Å². The molecule has 0 aromatic carbocycles. The standard InChI is InChI=1S/C4H6N2O2/c5-2-3-1-4(7)6-8-3/h1H,2,5H2,(H,6,7)/i2D2,5+1. The van der Waals surface area contributed by atoms with Gasteiger partial charge in [0.2, 0.25) is 0 Å². The molecule has 0 saturated heterocycles. The van der Waals surface area contributed by atoms with Gasteiger partial charge in [0, 0.05) is 6.07 Å². The summed E-state index contributed by atoms with van der Waals surface area (Å²) in [6, 6.07) is 0.972. The molecule has 0 aliphatic heterocycles. The maximum atomic E-state index is 10.4. The maximum absolute atomic E-state index is 10.4. The highest BCUT2D eigenvalue weighted by molar-refractivity contribution is 4.91. The van der Waals surface area contributed by atoms with E-state index < -0.39 is 12.1 Å². The van der Waals surface area contributed by atoms with Gasteiger partial charge in [-0.1, -0.05) is 0 Å². The molecule has 8 heavy (non-hydrogen) atoms. The van der Waals surface area contributed by atoms with Gasteiger partial charge >= 0.3 is 0 Å². The van der Waals surface area contributed by atoms with Crippen LogP contribution in [0.25, 0.3) is 0 Å². The number of aromatic nitrogens is 1. The summed E-state index contributed by atoms with van der Waals surface area (Å²) in [6.07, 6.45) is 0. The van der Waals surface area contributed by atoms with Gasteiger partial charge in [0.1, 0.15) is 0 Å². The number of hydrogen-bond acceptors (Lipinski definition) is 3. The van der Waals surface area contributed by atoms with E-state index in [-0.39, 0.29) is 5.76 Å². The number of hydrogen-bond donors (Lipinski definition) is 2. The third-order valence-electron chi connectivity index (χ3n) is 0.666. The molecule has 3 N–H and O–H groups in total. The van der Waals surface area contributed by atoms with Crippen molar-refractivity contribution in [2.75, 3.05) is 0 Å². The molecule has 0 aliphatic rings. The largest absolute Gasteiger partial charge is 0.382 e. The van der Waals surface area contributed by atoms with E-state index in [9.17, 15) is 4.79 Å². The quantitative estimate of drug-likeness (QED) is 0.483. The fraction of sp³-hybridized carbons (Fsp3) is 0.250. The average molecular weight is 117 g/mol. The molecular weight excluding hydrogens is 109 g/mol. The molecule has 0 radical (unpaired) electrons. The van der Waals surface area contributed by atoms with E-state index in [1.54, 1.807) is 0 Å². The zero-order chi connectivity index (χ0) is 7.78. The van der Waals surface area contributed by atoms with Crippen LogP contribution in [-0.4, -0.2) is 5.16 Å². The SMILES string of the molecule is [2H]C([2H])([15NH2])c1cc(=O)[nH]o1. The van der Waals surface area contributed by atoms with E-state index in [1.807, 2.05) is 5.16 Å². The van der Waals surface area contributed by atoms with Crippen LogP contribution in [-0.2, 0) is 6.50 Å². The Kier molecular flexibility index (Phi) is 0.707. The lowest BCUT2D eigenvalue weighted by atomic mass is 10.5. The van der Waals surface area contributed by atoms with Crippen LogP contribution >= 0.6 is 0 Å². The van der Waals surface area contributed by atoms with Gasteiger partial charge in [-0.3, -0.25) is 4.79 Å². The number of rotatable bonds is 1. The summed E-state index contributed by atoms with van der Waals surface area (Å²) in [5.41, 5.74) is 4.45. The Bertz CT molecular complexity index is 271. The Balaban J connectivity index is 3.07. The second-order valence-electron chi connectivity index (χ2n) is 1.22. The molecule has 1 heterocycles. The van der Waals surface area contributed by atoms with Crippen molar-refractivity contribution in [2.24, 2.45) is 5.73 Å². The summed E-state index contributed by atoms with van der Waals surface area (Å²) in [7, 11) is 0. The normalized spacial score (nSPS) is 15.1. The molecule has 0 spiro atoms. The van der Waals surface area contributed by atoms with Crippen LogP contribution in [0, 0.1) is 0 Å². The fourth-order valence-corrected chi connectivity index (χ4v) is 0.354. The molecule has 0 aliphatic carbocycles. The molecule has 4 nitrogen and oxygen atoms in total. The average Bonchev–Trinajstić information content (AvgIpc) is 2.11. The summed E-state index contributed by atoms with van der Waals surface area (Å²) in [6.45, 7) is -2.08. The fourth-order valence-electron chi connectivity index (χ4n) is 0.354. The number of aromatic amines is 1. The van der Waals surface area contributed by atoms with Gasteiger partial charge < -0.3 is 10.3 Å². The molecule has 0 amide bonds. The van der Waals surface area contributed by atoms with E-state index in [2.05, 4.69) is 4.52 Å². The van der Waals surface area contributed by atoms with Crippen LogP contribution in [0.3, 0.4) is 0 Å². The lowest BCUT2D eigenvalue weighted by Crippen LogP contribution is -1.95. The van der Waals surface area contributed by atoms with E-state index in [0.29, 0.717) is 0 Å². The monoisotopic (exact) mass is 117 g/mol. The second-order valence-corrected chi connectivity index (χ2v) is 1.22. The Morgan fingerprint density at radius 3 is 3.12 bits per heavy atom. The Morgan fingerprint density at radius 1 is 2.12 bits per heavy atom. The highest BCUT2D eigenvalue weighted by Gasteiger charge is 1.91. The second kappa shape index (κ2) is 1.83. The molecule has 0 fully saturated rings. The third kappa shape index (κ3) is 0.788.